The van der Waals surface area contributed by atoms with Gasteiger partial charge in [0.25, 0.3) is 0 Å². The summed E-state index contributed by atoms with van der Waals surface area (Å²) in [6.07, 6.45) is 1.71. The van der Waals surface area contributed by atoms with Crippen LogP contribution in [0.5, 0.6) is 5.88 Å². The number of carbonyl (C=O) groups excluding carboxylic acids is 1. The number of pyridine rings is 1. The number of carbonyl (C=O) groups is 1. The van der Waals surface area contributed by atoms with Gasteiger partial charge in [-0.15, -0.1) is 11.8 Å². The molecule has 2 amide bonds. The third-order valence-electron chi connectivity index (χ3n) is 3.11. The maximum absolute atomic E-state index is 11.9. The lowest BCUT2D eigenvalue weighted by molar-refractivity contribution is 0.228. The van der Waals surface area contributed by atoms with Gasteiger partial charge in [-0.1, -0.05) is 17.7 Å². The van der Waals surface area contributed by atoms with Crippen molar-refractivity contribution in [3.8, 4) is 5.88 Å². The van der Waals surface area contributed by atoms with Crippen molar-refractivity contribution in [1.82, 2.24) is 15.6 Å². The number of halogens is 1. The van der Waals surface area contributed by atoms with Crippen molar-refractivity contribution >= 4 is 29.4 Å². The highest BCUT2D eigenvalue weighted by atomic mass is 35.5. The third-order valence-corrected chi connectivity index (χ3v) is 4.37. The lowest BCUT2D eigenvalue weighted by atomic mass is 10.2. The van der Waals surface area contributed by atoms with E-state index in [1.807, 2.05) is 50.2 Å². The van der Waals surface area contributed by atoms with Gasteiger partial charge in [-0.25, -0.2) is 9.78 Å². The second-order valence-electron chi connectivity index (χ2n) is 5.55. The van der Waals surface area contributed by atoms with Crippen LogP contribution in [0.4, 0.5) is 4.79 Å². The molecule has 1 heterocycles. The van der Waals surface area contributed by atoms with Gasteiger partial charge in [-0.05, 0) is 44.2 Å². The number of benzene rings is 1. The first-order chi connectivity index (χ1) is 12.0. The van der Waals surface area contributed by atoms with Crippen molar-refractivity contribution in [3.63, 3.8) is 0 Å². The molecule has 0 bridgehead atoms. The molecule has 0 atom stereocenters. The van der Waals surface area contributed by atoms with Crippen LogP contribution in [0.25, 0.3) is 0 Å². The van der Waals surface area contributed by atoms with Gasteiger partial charge < -0.3 is 15.4 Å². The molecule has 7 heteroatoms. The predicted octanol–water partition coefficient (Wildman–Crippen LogP) is 4.11. The fourth-order valence-electron chi connectivity index (χ4n) is 1.99. The molecule has 0 spiro atoms. The Bertz CT molecular complexity index is 680. The molecule has 0 aliphatic carbocycles. The van der Waals surface area contributed by atoms with Crippen molar-refractivity contribution in [3.05, 3.63) is 53.2 Å². The Morgan fingerprint density at radius 3 is 2.72 bits per heavy atom. The molecule has 0 saturated heterocycles. The maximum Gasteiger partial charge on any atom is 0.315 e. The summed E-state index contributed by atoms with van der Waals surface area (Å²) in [5.74, 6) is 1.33. The average molecular weight is 380 g/mol. The topological polar surface area (TPSA) is 63.2 Å². The van der Waals surface area contributed by atoms with Crippen molar-refractivity contribution in [1.29, 1.82) is 0 Å². The quantitative estimate of drug-likeness (QED) is 0.535. The molecule has 0 aliphatic rings. The first kappa shape index (κ1) is 19.4. The Labute approximate surface area is 157 Å². The van der Waals surface area contributed by atoms with E-state index in [1.54, 1.807) is 18.0 Å². The molecule has 0 unspecified atom stereocenters. The van der Waals surface area contributed by atoms with Crippen LogP contribution in [0.2, 0.25) is 5.02 Å². The van der Waals surface area contributed by atoms with E-state index >= 15 is 0 Å². The Hall–Kier alpha value is -1.92. The molecule has 1 aromatic carbocycles. The van der Waals surface area contributed by atoms with Gasteiger partial charge in [0.1, 0.15) is 0 Å². The molecule has 2 N–H and O–H groups in total. The number of aromatic nitrogens is 1. The fourth-order valence-corrected chi connectivity index (χ4v) is 2.88. The lowest BCUT2D eigenvalue weighted by Gasteiger charge is -2.13. The van der Waals surface area contributed by atoms with Gasteiger partial charge in [0.2, 0.25) is 5.88 Å². The second kappa shape index (κ2) is 10.2. The third kappa shape index (κ3) is 7.23. The molecule has 2 aromatic rings. The minimum Gasteiger partial charge on any atom is -0.475 e. The number of urea groups is 1. The van der Waals surface area contributed by atoms with Gasteiger partial charge in [0.05, 0.1) is 6.10 Å². The van der Waals surface area contributed by atoms with Gasteiger partial charge in [-0.3, -0.25) is 0 Å². The monoisotopic (exact) mass is 379 g/mol. The number of ether oxygens (including phenoxy) is 1. The fraction of sp³-hybridized carbons (Fsp3) is 0.333. The van der Waals surface area contributed by atoms with Crippen LogP contribution in [-0.4, -0.2) is 29.4 Å². The van der Waals surface area contributed by atoms with Crippen LogP contribution in [-0.2, 0) is 6.54 Å². The largest absolute Gasteiger partial charge is 0.475 e. The molecule has 25 heavy (non-hydrogen) atoms. The van der Waals surface area contributed by atoms with E-state index in [-0.39, 0.29) is 12.1 Å². The minimum atomic E-state index is -0.212. The first-order valence-corrected chi connectivity index (χ1v) is 9.41. The highest BCUT2D eigenvalue weighted by Crippen LogP contribution is 2.19. The average Bonchev–Trinajstić information content (AvgIpc) is 2.59. The maximum atomic E-state index is 11.9. The zero-order valence-electron chi connectivity index (χ0n) is 14.3. The van der Waals surface area contributed by atoms with Crippen molar-refractivity contribution in [2.45, 2.75) is 31.4 Å². The van der Waals surface area contributed by atoms with Gasteiger partial charge in [0, 0.05) is 40.5 Å². The first-order valence-electron chi connectivity index (χ1n) is 8.05. The van der Waals surface area contributed by atoms with Gasteiger partial charge in [0.15, 0.2) is 0 Å². The van der Waals surface area contributed by atoms with E-state index < -0.39 is 0 Å². The summed E-state index contributed by atoms with van der Waals surface area (Å²) >= 11 is 7.51. The van der Waals surface area contributed by atoms with E-state index in [9.17, 15) is 4.79 Å². The van der Waals surface area contributed by atoms with E-state index in [0.717, 1.165) is 21.2 Å². The van der Waals surface area contributed by atoms with E-state index in [2.05, 4.69) is 15.6 Å². The summed E-state index contributed by atoms with van der Waals surface area (Å²) in [5, 5.41) is 6.38. The van der Waals surface area contributed by atoms with Crippen molar-refractivity contribution in [2.75, 3.05) is 12.3 Å². The van der Waals surface area contributed by atoms with E-state index in [4.69, 9.17) is 16.3 Å². The van der Waals surface area contributed by atoms with E-state index in [0.29, 0.717) is 19.0 Å². The zero-order valence-corrected chi connectivity index (χ0v) is 15.9. The number of hydrogen-bond donors (Lipinski definition) is 2. The summed E-state index contributed by atoms with van der Waals surface area (Å²) in [6.45, 7) is 4.82. The highest BCUT2D eigenvalue weighted by Gasteiger charge is 2.08. The smallest absolute Gasteiger partial charge is 0.315 e. The Morgan fingerprint density at radius 2 is 2.00 bits per heavy atom. The standard InChI is InChI=1S/C18H22ClN3O2S/c1-13(2)24-17-14(4-3-9-20-17)12-22-18(23)21-10-11-25-16-7-5-15(19)6-8-16/h3-9,13H,10-12H2,1-2H3,(H2,21,22,23). The van der Waals surface area contributed by atoms with Crippen molar-refractivity contribution in [2.24, 2.45) is 0 Å². The molecule has 0 radical (unpaired) electrons. The van der Waals surface area contributed by atoms with Crippen LogP contribution < -0.4 is 15.4 Å². The molecule has 2 rings (SSSR count). The minimum absolute atomic E-state index is 0.0346. The number of thioether (sulfide) groups is 1. The summed E-state index contributed by atoms with van der Waals surface area (Å²) in [4.78, 5) is 17.2. The second-order valence-corrected chi connectivity index (χ2v) is 7.15. The number of nitrogens with one attached hydrogen (secondary N) is 2. The molecule has 0 fully saturated rings. The molecule has 5 nitrogen and oxygen atoms in total. The Balaban J connectivity index is 1.69. The van der Waals surface area contributed by atoms with Crippen LogP contribution in [0, 0.1) is 0 Å². The Morgan fingerprint density at radius 1 is 1.24 bits per heavy atom. The molecular weight excluding hydrogens is 358 g/mol. The molecule has 0 aliphatic heterocycles. The molecular formula is C18H22ClN3O2S. The van der Waals surface area contributed by atoms with Crippen LogP contribution >= 0.6 is 23.4 Å². The highest BCUT2D eigenvalue weighted by molar-refractivity contribution is 7.99. The van der Waals surface area contributed by atoms with Crippen molar-refractivity contribution < 1.29 is 9.53 Å². The lowest BCUT2D eigenvalue weighted by Crippen LogP contribution is -2.36. The SMILES string of the molecule is CC(C)Oc1ncccc1CNC(=O)NCCSc1ccc(Cl)cc1. The molecule has 134 valence electrons. The zero-order chi connectivity index (χ0) is 18.1. The normalized spacial score (nSPS) is 10.6. The number of nitrogens with zero attached hydrogens (tertiary/aromatic N) is 1. The predicted molar refractivity (Wildman–Crippen MR) is 102 cm³/mol. The van der Waals surface area contributed by atoms with Crippen LogP contribution in [0.3, 0.4) is 0 Å². The van der Waals surface area contributed by atoms with Crippen LogP contribution in [0.1, 0.15) is 19.4 Å². The van der Waals surface area contributed by atoms with Gasteiger partial charge in [-0.2, -0.15) is 0 Å². The number of hydrogen-bond acceptors (Lipinski definition) is 4. The van der Waals surface area contributed by atoms with Crippen LogP contribution in [0.15, 0.2) is 47.5 Å². The molecule has 1 aromatic heterocycles. The molecule has 0 saturated carbocycles. The summed E-state index contributed by atoms with van der Waals surface area (Å²) in [5.41, 5.74) is 0.849. The number of amides is 2. The van der Waals surface area contributed by atoms with Gasteiger partial charge >= 0.3 is 6.03 Å². The summed E-state index contributed by atoms with van der Waals surface area (Å²) in [7, 11) is 0. The summed E-state index contributed by atoms with van der Waals surface area (Å²) < 4.78 is 5.64. The van der Waals surface area contributed by atoms with E-state index in [1.165, 1.54) is 0 Å². The summed E-state index contributed by atoms with van der Waals surface area (Å²) in [6, 6.07) is 11.1. The number of rotatable bonds is 8. The Kier molecular flexibility index (Phi) is 7.88.